The molecule has 0 bridgehead atoms. The van der Waals surface area contributed by atoms with Crippen molar-refractivity contribution in [3.8, 4) is 0 Å². The first-order valence-electron chi connectivity index (χ1n) is 7.21. The number of halogens is 5. The molecule has 126 valence electrons. The van der Waals surface area contributed by atoms with Crippen LogP contribution in [0.25, 0.3) is 0 Å². The van der Waals surface area contributed by atoms with Gasteiger partial charge in [0.2, 0.25) is 0 Å². The number of carbonyl (C=O) groups is 1. The molecule has 0 amide bonds. The summed E-state index contributed by atoms with van der Waals surface area (Å²) in [6.07, 6.45) is 0.0187. The molecule has 2 nitrogen and oxygen atoms in total. The Morgan fingerprint density at radius 3 is 1.74 bits per heavy atom. The molecule has 1 aromatic carbocycles. The Kier molecular flexibility index (Phi) is 3.07. The second kappa shape index (κ2) is 4.32. The van der Waals surface area contributed by atoms with Gasteiger partial charge in [0.1, 0.15) is 0 Å². The van der Waals surface area contributed by atoms with Crippen LogP contribution < -0.4 is 0 Å². The van der Waals surface area contributed by atoms with Crippen LogP contribution in [0.5, 0.6) is 0 Å². The third-order valence-electron chi connectivity index (χ3n) is 4.90. The average Bonchev–Trinajstić information content (AvgIpc) is 2.42. The molecule has 23 heavy (non-hydrogen) atoms. The summed E-state index contributed by atoms with van der Waals surface area (Å²) in [6, 6.07) is 0. The number of hydrogen-bond donors (Lipinski definition) is 0. The fraction of sp³-hybridized carbons (Fsp3) is 0.562. The van der Waals surface area contributed by atoms with Crippen molar-refractivity contribution in [3.63, 3.8) is 0 Å². The minimum absolute atomic E-state index is 0.0187. The fourth-order valence-electron chi connectivity index (χ4n) is 3.76. The van der Waals surface area contributed by atoms with Crippen LogP contribution in [0.15, 0.2) is 0 Å². The molecule has 0 spiro atoms. The molecule has 0 fully saturated rings. The van der Waals surface area contributed by atoms with Crippen molar-refractivity contribution >= 4 is 5.78 Å². The molecule has 2 aliphatic rings. The quantitative estimate of drug-likeness (QED) is 0.617. The lowest BCUT2D eigenvalue weighted by molar-refractivity contribution is -0.319. The fourth-order valence-corrected chi connectivity index (χ4v) is 3.76. The van der Waals surface area contributed by atoms with Crippen LogP contribution in [0.1, 0.15) is 44.6 Å². The first-order valence-corrected chi connectivity index (χ1v) is 7.21. The minimum atomic E-state index is -4.27. The third kappa shape index (κ3) is 1.54. The van der Waals surface area contributed by atoms with Gasteiger partial charge >= 0.3 is 11.8 Å². The van der Waals surface area contributed by atoms with Crippen molar-refractivity contribution < 1.29 is 26.7 Å². The predicted octanol–water partition coefficient (Wildman–Crippen LogP) is 3.81. The van der Waals surface area contributed by atoms with Gasteiger partial charge in [-0.1, -0.05) is 0 Å². The van der Waals surface area contributed by atoms with Gasteiger partial charge in [-0.15, -0.1) is 0 Å². The van der Waals surface area contributed by atoms with Crippen LogP contribution in [0.2, 0.25) is 0 Å². The zero-order valence-corrected chi connectivity index (χ0v) is 13.2. The van der Waals surface area contributed by atoms with Crippen LogP contribution in [-0.2, 0) is 17.5 Å². The predicted molar refractivity (Wildman–Crippen MR) is 74.0 cm³/mol. The van der Waals surface area contributed by atoms with Gasteiger partial charge in [0, 0.05) is 35.2 Å². The van der Waals surface area contributed by atoms with Crippen molar-refractivity contribution in [2.24, 2.45) is 0 Å². The molecular weight excluding hydrogens is 317 g/mol. The van der Waals surface area contributed by atoms with E-state index in [0.717, 1.165) is 0 Å². The SMILES string of the molecule is Cc1c(C(=O)CCN(C)C)c(C)c2c3c1C(F)(F)C3(F)C2(F)F. The number of benzene rings is 1. The van der Waals surface area contributed by atoms with Gasteiger partial charge in [-0.2, -0.15) is 17.6 Å². The molecule has 3 rings (SSSR count). The number of ketones is 1. The Bertz CT molecular complexity index is 695. The second-order valence-electron chi connectivity index (χ2n) is 6.53. The smallest absolute Gasteiger partial charge is 0.309 e. The van der Waals surface area contributed by atoms with Crippen LogP contribution in [-0.4, -0.2) is 31.3 Å². The summed E-state index contributed by atoms with van der Waals surface area (Å²) >= 11 is 0. The van der Waals surface area contributed by atoms with Crippen molar-refractivity contribution in [3.05, 3.63) is 33.4 Å². The minimum Gasteiger partial charge on any atom is -0.309 e. The van der Waals surface area contributed by atoms with E-state index in [0.29, 0.717) is 6.54 Å². The molecule has 7 heteroatoms. The standard InChI is InChI=1S/C16H16F5NO/c1-7-10(9(23)5-6-22(3)4)8(2)12-13-11(7)15(18,19)14(13,17)16(12,20)21/h5-6H2,1-4H3. The number of rotatable bonds is 4. The Balaban J connectivity index is 2.19. The number of carbonyl (C=O) groups excluding carboxylic acids is 1. The van der Waals surface area contributed by atoms with Gasteiger partial charge in [0.05, 0.1) is 0 Å². The van der Waals surface area contributed by atoms with E-state index in [4.69, 9.17) is 0 Å². The van der Waals surface area contributed by atoms with Crippen LogP contribution in [0.4, 0.5) is 22.0 Å². The lowest BCUT2D eigenvalue weighted by Gasteiger charge is -2.58. The molecule has 1 aromatic rings. The summed E-state index contributed by atoms with van der Waals surface area (Å²) in [5, 5.41) is 0. The first kappa shape index (κ1) is 16.4. The van der Waals surface area contributed by atoms with Crippen LogP contribution >= 0.6 is 0 Å². The number of Topliss-reactive ketones (excluding diaryl/α,β-unsaturated/α-hetero) is 1. The Morgan fingerprint density at radius 2 is 1.35 bits per heavy atom. The van der Waals surface area contributed by atoms with E-state index in [9.17, 15) is 26.7 Å². The van der Waals surface area contributed by atoms with Crippen molar-refractivity contribution in [1.82, 2.24) is 4.90 Å². The van der Waals surface area contributed by atoms with E-state index < -0.39 is 40.0 Å². The zero-order valence-electron chi connectivity index (χ0n) is 13.2. The van der Waals surface area contributed by atoms with E-state index in [1.54, 1.807) is 19.0 Å². The average molecular weight is 333 g/mol. The molecule has 0 aromatic heterocycles. The Morgan fingerprint density at radius 1 is 0.913 bits per heavy atom. The Hall–Kier alpha value is -1.50. The molecule has 0 atom stereocenters. The summed E-state index contributed by atoms with van der Waals surface area (Å²) in [4.78, 5) is 14.1. The van der Waals surface area contributed by atoms with E-state index in [1.165, 1.54) is 13.8 Å². The van der Waals surface area contributed by atoms with Gasteiger partial charge in [0.15, 0.2) is 5.78 Å². The van der Waals surface area contributed by atoms with Crippen molar-refractivity contribution in [1.29, 1.82) is 0 Å². The van der Waals surface area contributed by atoms with Gasteiger partial charge in [-0.3, -0.25) is 4.79 Å². The molecule has 0 heterocycles. The van der Waals surface area contributed by atoms with Crippen LogP contribution in [0.3, 0.4) is 0 Å². The number of hydrogen-bond acceptors (Lipinski definition) is 2. The van der Waals surface area contributed by atoms with Crippen LogP contribution in [0, 0.1) is 13.8 Å². The lowest BCUT2D eigenvalue weighted by Crippen LogP contribution is -2.68. The molecule has 0 saturated carbocycles. The molecule has 0 unspecified atom stereocenters. The van der Waals surface area contributed by atoms with Crippen molar-refractivity contribution in [2.75, 3.05) is 20.6 Å². The maximum atomic E-state index is 14.2. The first-order chi connectivity index (χ1) is 10.4. The molecule has 0 aliphatic heterocycles. The largest absolute Gasteiger partial charge is 0.317 e. The second-order valence-corrected chi connectivity index (χ2v) is 6.53. The number of nitrogens with zero attached hydrogens (tertiary/aromatic N) is 1. The summed E-state index contributed by atoms with van der Waals surface area (Å²) in [5.74, 6) is -9.02. The van der Waals surface area contributed by atoms with Crippen molar-refractivity contribution in [2.45, 2.75) is 37.8 Å². The molecule has 0 saturated heterocycles. The molecular formula is C16H16F5NO. The lowest BCUT2D eigenvalue weighted by atomic mass is 9.52. The maximum absolute atomic E-state index is 14.2. The van der Waals surface area contributed by atoms with E-state index >= 15 is 0 Å². The van der Waals surface area contributed by atoms with E-state index in [-0.39, 0.29) is 23.1 Å². The van der Waals surface area contributed by atoms with Gasteiger partial charge < -0.3 is 4.90 Å². The molecule has 0 radical (unpaired) electrons. The highest BCUT2D eigenvalue weighted by molar-refractivity contribution is 6.01. The Labute approximate surface area is 130 Å². The number of alkyl halides is 5. The zero-order chi connectivity index (χ0) is 17.5. The van der Waals surface area contributed by atoms with Gasteiger partial charge in [-0.05, 0) is 39.1 Å². The molecule has 2 aliphatic carbocycles. The summed E-state index contributed by atoms with van der Waals surface area (Å²) in [5.41, 5.74) is -6.31. The van der Waals surface area contributed by atoms with E-state index in [2.05, 4.69) is 0 Å². The van der Waals surface area contributed by atoms with Gasteiger partial charge in [-0.25, -0.2) is 4.39 Å². The molecule has 0 N–H and O–H groups in total. The maximum Gasteiger partial charge on any atom is 0.317 e. The normalized spacial score (nSPS) is 21.5. The summed E-state index contributed by atoms with van der Waals surface area (Å²) < 4.78 is 70.3. The summed E-state index contributed by atoms with van der Waals surface area (Å²) in [7, 11) is 3.47. The highest BCUT2D eigenvalue weighted by Crippen LogP contribution is 2.78. The topological polar surface area (TPSA) is 20.3 Å². The van der Waals surface area contributed by atoms with E-state index in [1.807, 2.05) is 0 Å². The highest BCUT2D eigenvalue weighted by atomic mass is 19.3. The highest BCUT2D eigenvalue weighted by Gasteiger charge is 2.88. The monoisotopic (exact) mass is 333 g/mol. The summed E-state index contributed by atoms with van der Waals surface area (Å²) in [6.45, 7) is 2.91. The third-order valence-corrected chi connectivity index (χ3v) is 4.90. The van der Waals surface area contributed by atoms with Gasteiger partial charge in [0.25, 0.3) is 5.67 Å².